The van der Waals surface area contributed by atoms with Gasteiger partial charge in [0.25, 0.3) is 0 Å². The van der Waals surface area contributed by atoms with Crippen LogP contribution in [0.5, 0.6) is 0 Å². The first-order valence-corrected chi connectivity index (χ1v) is 5.39. The summed E-state index contributed by atoms with van der Waals surface area (Å²) in [4.78, 5) is 10.5. The molecule has 1 aromatic carbocycles. The smallest absolute Gasteiger partial charge is 0.331 e. The molecule has 0 saturated carbocycles. The summed E-state index contributed by atoms with van der Waals surface area (Å²) in [7, 11) is 0. The molecule has 0 bridgehead atoms. The molecule has 1 N–H and O–H groups in total. The van der Waals surface area contributed by atoms with Crippen molar-refractivity contribution < 1.29 is 14.6 Å². The van der Waals surface area contributed by atoms with Crippen molar-refractivity contribution in [2.45, 2.75) is 6.92 Å². The number of carboxylic acid groups (broad SMARTS) is 1. The molecule has 0 fully saturated rings. The molecule has 0 aliphatic heterocycles. The molecule has 0 amide bonds. The molecule has 0 unspecified atom stereocenters. The van der Waals surface area contributed by atoms with E-state index in [4.69, 9.17) is 9.84 Å². The van der Waals surface area contributed by atoms with Crippen LogP contribution in [0.3, 0.4) is 0 Å². The molecule has 1 aromatic rings. The summed E-state index contributed by atoms with van der Waals surface area (Å²) in [6, 6.07) is 9.92. The number of hydrogen-bond donors (Lipinski definition) is 1. The quantitative estimate of drug-likeness (QED) is 0.606. The Morgan fingerprint density at radius 1 is 1.29 bits per heavy atom. The van der Waals surface area contributed by atoms with Gasteiger partial charge in [-0.1, -0.05) is 42.5 Å². The molecule has 17 heavy (non-hydrogen) atoms. The van der Waals surface area contributed by atoms with Crippen LogP contribution in [0.25, 0.3) is 6.08 Å². The summed E-state index contributed by atoms with van der Waals surface area (Å²) in [6.07, 6.45) is 5.42. The Morgan fingerprint density at radius 3 is 2.65 bits per heavy atom. The molecule has 3 nitrogen and oxygen atoms in total. The fraction of sp³-hybridized carbons (Fsp3) is 0.214. The Bertz CT molecular complexity index is 405. The van der Waals surface area contributed by atoms with Gasteiger partial charge in [-0.05, 0) is 18.6 Å². The standard InChI is InChI=1S/C14H16O3/c1-12(14(15)16)9-11-17-10-5-8-13-6-3-2-4-7-13/h2-9H,10-11H2,1H3,(H,15,16). The summed E-state index contributed by atoms with van der Waals surface area (Å²) in [5.74, 6) is -0.909. The average molecular weight is 232 g/mol. The molecular formula is C14H16O3. The molecule has 0 aromatic heterocycles. The zero-order valence-electron chi connectivity index (χ0n) is 9.80. The van der Waals surface area contributed by atoms with Crippen molar-refractivity contribution in [2.24, 2.45) is 0 Å². The Kier molecular flexibility index (Phi) is 5.75. The lowest BCUT2D eigenvalue weighted by atomic mass is 10.2. The fourth-order valence-electron chi connectivity index (χ4n) is 1.16. The van der Waals surface area contributed by atoms with Crippen LogP contribution in [-0.4, -0.2) is 24.3 Å². The summed E-state index contributed by atoms with van der Waals surface area (Å²) in [5, 5.41) is 8.60. The van der Waals surface area contributed by atoms with E-state index in [0.717, 1.165) is 5.56 Å². The van der Waals surface area contributed by atoms with Gasteiger partial charge in [-0.15, -0.1) is 0 Å². The SMILES string of the molecule is CC(=CCOCC=Cc1ccccc1)C(=O)O. The summed E-state index contributed by atoms with van der Waals surface area (Å²) in [6.45, 7) is 2.33. The van der Waals surface area contributed by atoms with Gasteiger partial charge in [0.1, 0.15) is 0 Å². The van der Waals surface area contributed by atoms with Gasteiger partial charge in [-0.25, -0.2) is 4.79 Å². The van der Waals surface area contributed by atoms with E-state index in [1.165, 1.54) is 0 Å². The third-order valence-electron chi connectivity index (χ3n) is 2.17. The normalized spacial score (nSPS) is 11.9. The molecule has 1 rings (SSSR count). The Labute approximate surface area is 101 Å². The molecule has 0 heterocycles. The van der Waals surface area contributed by atoms with Crippen molar-refractivity contribution in [3.63, 3.8) is 0 Å². The van der Waals surface area contributed by atoms with E-state index < -0.39 is 5.97 Å². The number of benzene rings is 1. The van der Waals surface area contributed by atoms with Crippen molar-refractivity contribution in [3.05, 3.63) is 53.6 Å². The van der Waals surface area contributed by atoms with Crippen molar-refractivity contribution >= 4 is 12.0 Å². The minimum absolute atomic E-state index is 0.303. The van der Waals surface area contributed by atoms with Gasteiger partial charge < -0.3 is 9.84 Å². The lowest BCUT2D eigenvalue weighted by Crippen LogP contribution is -1.99. The molecule has 0 atom stereocenters. The first-order chi connectivity index (χ1) is 8.20. The van der Waals surface area contributed by atoms with E-state index in [9.17, 15) is 4.79 Å². The predicted molar refractivity (Wildman–Crippen MR) is 67.7 cm³/mol. The van der Waals surface area contributed by atoms with E-state index in [-0.39, 0.29) is 0 Å². The van der Waals surface area contributed by atoms with Crippen LogP contribution in [0.1, 0.15) is 12.5 Å². The average Bonchev–Trinajstić information content (AvgIpc) is 2.34. The summed E-state index contributed by atoms with van der Waals surface area (Å²) < 4.78 is 5.25. The van der Waals surface area contributed by atoms with Gasteiger partial charge >= 0.3 is 5.97 Å². The maximum Gasteiger partial charge on any atom is 0.331 e. The van der Waals surface area contributed by atoms with Crippen LogP contribution in [-0.2, 0) is 9.53 Å². The minimum Gasteiger partial charge on any atom is -0.478 e. The highest BCUT2D eigenvalue weighted by atomic mass is 16.5. The zero-order valence-corrected chi connectivity index (χ0v) is 9.80. The molecule has 0 aliphatic carbocycles. The first-order valence-electron chi connectivity index (χ1n) is 5.39. The second kappa shape index (κ2) is 7.41. The molecule has 0 saturated heterocycles. The molecule has 0 radical (unpaired) electrons. The second-order valence-electron chi connectivity index (χ2n) is 3.54. The van der Waals surface area contributed by atoms with Crippen LogP contribution in [0.15, 0.2) is 48.1 Å². The van der Waals surface area contributed by atoms with Gasteiger partial charge in [0.15, 0.2) is 0 Å². The lowest BCUT2D eigenvalue weighted by molar-refractivity contribution is -0.132. The van der Waals surface area contributed by atoms with E-state index in [2.05, 4.69) is 0 Å². The molecule has 0 aliphatic rings. The van der Waals surface area contributed by atoms with Crippen molar-refractivity contribution in [2.75, 3.05) is 13.2 Å². The van der Waals surface area contributed by atoms with E-state index in [0.29, 0.717) is 18.8 Å². The second-order valence-corrected chi connectivity index (χ2v) is 3.54. The van der Waals surface area contributed by atoms with Crippen molar-refractivity contribution in [1.82, 2.24) is 0 Å². The number of hydrogen-bond acceptors (Lipinski definition) is 2. The van der Waals surface area contributed by atoms with E-state index >= 15 is 0 Å². The minimum atomic E-state index is -0.909. The molecular weight excluding hydrogens is 216 g/mol. The topological polar surface area (TPSA) is 46.5 Å². The van der Waals surface area contributed by atoms with Crippen molar-refractivity contribution in [1.29, 1.82) is 0 Å². The van der Waals surface area contributed by atoms with E-state index in [1.807, 2.05) is 42.5 Å². The molecule has 90 valence electrons. The number of carbonyl (C=O) groups is 1. The number of ether oxygens (including phenoxy) is 1. The largest absolute Gasteiger partial charge is 0.478 e. The van der Waals surface area contributed by atoms with Crippen LogP contribution >= 0.6 is 0 Å². The lowest BCUT2D eigenvalue weighted by Gasteiger charge is -1.97. The number of rotatable bonds is 6. The van der Waals surface area contributed by atoms with Gasteiger partial charge in [-0.3, -0.25) is 0 Å². The Morgan fingerprint density at radius 2 is 2.00 bits per heavy atom. The Hall–Kier alpha value is -1.87. The fourth-order valence-corrected chi connectivity index (χ4v) is 1.16. The van der Waals surface area contributed by atoms with Crippen LogP contribution < -0.4 is 0 Å². The highest BCUT2D eigenvalue weighted by Gasteiger charge is 1.96. The highest BCUT2D eigenvalue weighted by Crippen LogP contribution is 2.00. The maximum atomic E-state index is 10.5. The van der Waals surface area contributed by atoms with Gasteiger partial charge in [0.05, 0.1) is 13.2 Å². The molecule has 0 spiro atoms. The maximum absolute atomic E-state index is 10.5. The number of carboxylic acids is 1. The van der Waals surface area contributed by atoms with Crippen molar-refractivity contribution in [3.8, 4) is 0 Å². The zero-order chi connectivity index (χ0) is 12.5. The summed E-state index contributed by atoms with van der Waals surface area (Å²) >= 11 is 0. The van der Waals surface area contributed by atoms with Crippen LogP contribution in [0, 0.1) is 0 Å². The molecule has 3 heteroatoms. The monoisotopic (exact) mass is 232 g/mol. The van der Waals surface area contributed by atoms with Gasteiger partial charge in [0, 0.05) is 5.57 Å². The van der Waals surface area contributed by atoms with Crippen LogP contribution in [0.4, 0.5) is 0 Å². The van der Waals surface area contributed by atoms with E-state index in [1.54, 1.807) is 13.0 Å². The third kappa shape index (κ3) is 5.68. The van der Waals surface area contributed by atoms with Crippen LogP contribution in [0.2, 0.25) is 0 Å². The van der Waals surface area contributed by atoms with Gasteiger partial charge in [0.2, 0.25) is 0 Å². The number of aliphatic carboxylic acids is 1. The predicted octanol–water partition coefficient (Wildman–Crippen LogP) is 2.75. The first kappa shape index (κ1) is 13.2. The Balaban J connectivity index is 2.23. The van der Waals surface area contributed by atoms with Gasteiger partial charge in [-0.2, -0.15) is 0 Å². The highest BCUT2D eigenvalue weighted by molar-refractivity contribution is 5.85. The third-order valence-corrected chi connectivity index (χ3v) is 2.17. The summed E-state index contributed by atoms with van der Waals surface area (Å²) in [5.41, 5.74) is 1.42.